The first-order valence-electron chi connectivity index (χ1n) is 9.41. The summed E-state index contributed by atoms with van der Waals surface area (Å²) in [5.41, 5.74) is 4.02. The monoisotopic (exact) mass is 373 g/mol. The third-order valence-corrected chi connectivity index (χ3v) is 5.06. The lowest BCUT2D eigenvalue weighted by atomic mass is 10.1. The molecule has 3 heterocycles. The number of hydrogen-bond donors (Lipinski definition) is 2. The fourth-order valence-corrected chi connectivity index (χ4v) is 3.51. The third kappa shape index (κ3) is 3.53. The molecule has 1 aliphatic rings. The Hall–Kier alpha value is -3.41. The largest absolute Gasteiger partial charge is 0.363 e. The Morgan fingerprint density at radius 2 is 2.14 bits per heavy atom. The van der Waals surface area contributed by atoms with E-state index >= 15 is 0 Å². The number of rotatable bonds is 5. The Kier molecular flexibility index (Phi) is 4.93. The molecule has 28 heavy (non-hydrogen) atoms. The molecule has 0 unspecified atom stereocenters. The zero-order valence-electron chi connectivity index (χ0n) is 15.9. The number of carbonyl (C=O) groups is 1. The second kappa shape index (κ2) is 7.68. The van der Waals surface area contributed by atoms with Crippen molar-refractivity contribution in [2.24, 2.45) is 0 Å². The van der Waals surface area contributed by atoms with E-state index in [4.69, 9.17) is 0 Å². The number of carbonyl (C=O) groups excluding carboxylic acids is 1. The molecule has 142 valence electrons. The molecule has 0 aliphatic carbocycles. The predicted molar refractivity (Wildman–Crippen MR) is 112 cm³/mol. The summed E-state index contributed by atoms with van der Waals surface area (Å²) in [7, 11) is 0. The highest BCUT2D eigenvalue weighted by atomic mass is 16.2. The molecule has 6 heteroatoms. The number of aromatic nitrogens is 3. The summed E-state index contributed by atoms with van der Waals surface area (Å²) in [6.07, 6.45) is 5.93. The molecular weight excluding hydrogens is 350 g/mol. The Balaban J connectivity index is 1.61. The molecule has 1 aromatic carbocycles. The first-order chi connectivity index (χ1) is 13.7. The number of amides is 1. The molecule has 4 rings (SSSR count). The summed E-state index contributed by atoms with van der Waals surface area (Å²) >= 11 is 0. The number of anilines is 1. The molecule has 0 saturated carbocycles. The van der Waals surface area contributed by atoms with Gasteiger partial charge in [-0.05, 0) is 36.6 Å². The molecule has 1 atom stereocenters. The minimum atomic E-state index is -0.0412. The van der Waals surface area contributed by atoms with Crippen LogP contribution < -0.4 is 5.32 Å². The van der Waals surface area contributed by atoms with E-state index in [1.165, 1.54) is 11.6 Å². The predicted octanol–water partition coefficient (Wildman–Crippen LogP) is 3.93. The Bertz CT molecular complexity index is 1040. The smallest absolute Gasteiger partial charge is 0.246 e. The SMILES string of the molecule is C=CC(=O)N1CCC=C(c2cc3c(N[C@H](C)c4ccccc4)ncnc3[nH]2)C1. The van der Waals surface area contributed by atoms with Crippen molar-refractivity contribution in [3.05, 3.63) is 72.7 Å². The molecule has 0 saturated heterocycles. The van der Waals surface area contributed by atoms with Crippen LogP contribution in [0.2, 0.25) is 0 Å². The van der Waals surface area contributed by atoms with Crippen molar-refractivity contribution in [1.29, 1.82) is 0 Å². The van der Waals surface area contributed by atoms with Crippen LogP contribution in [0.5, 0.6) is 0 Å². The summed E-state index contributed by atoms with van der Waals surface area (Å²) < 4.78 is 0. The molecule has 1 aliphatic heterocycles. The molecule has 3 aromatic rings. The van der Waals surface area contributed by atoms with Crippen LogP contribution in [0, 0.1) is 0 Å². The van der Waals surface area contributed by atoms with Crippen molar-refractivity contribution in [3.63, 3.8) is 0 Å². The molecule has 1 amide bonds. The van der Waals surface area contributed by atoms with Gasteiger partial charge in [-0.15, -0.1) is 0 Å². The molecular formula is C22H23N5O. The summed E-state index contributed by atoms with van der Waals surface area (Å²) in [5.74, 6) is 0.750. The van der Waals surface area contributed by atoms with Gasteiger partial charge in [0, 0.05) is 24.8 Å². The van der Waals surface area contributed by atoms with Gasteiger partial charge in [-0.25, -0.2) is 9.97 Å². The second-order valence-electron chi connectivity index (χ2n) is 6.93. The number of fused-ring (bicyclic) bond motifs is 1. The number of nitrogens with zero attached hydrogens (tertiary/aromatic N) is 3. The lowest BCUT2D eigenvalue weighted by Crippen LogP contribution is -2.34. The maximum atomic E-state index is 12.0. The van der Waals surface area contributed by atoms with Gasteiger partial charge in [0.1, 0.15) is 17.8 Å². The van der Waals surface area contributed by atoms with E-state index in [-0.39, 0.29) is 11.9 Å². The third-order valence-electron chi connectivity index (χ3n) is 5.06. The standard InChI is InChI=1S/C22H23N5O/c1-3-20(28)27-11-7-10-17(13-27)19-12-18-21(23-14-24-22(18)26-19)25-15(2)16-8-5-4-6-9-16/h3-6,8-10,12,14-15H,1,7,11,13H2,2H3,(H2,23,24,25,26)/t15-/m1/s1. The van der Waals surface area contributed by atoms with Crippen LogP contribution in [0.4, 0.5) is 5.82 Å². The Labute approximate surface area is 164 Å². The minimum absolute atomic E-state index is 0.0412. The fraction of sp³-hybridized carbons (Fsp3) is 0.227. The van der Waals surface area contributed by atoms with Crippen molar-refractivity contribution in [2.75, 3.05) is 18.4 Å². The molecule has 2 aromatic heterocycles. The van der Waals surface area contributed by atoms with E-state index in [9.17, 15) is 4.79 Å². The highest BCUT2D eigenvalue weighted by molar-refractivity contribution is 5.92. The van der Waals surface area contributed by atoms with Gasteiger partial charge in [-0.1, -0.05) is 43.0 Å². The van der Waals surface area contributed by atoms with E-state index in [0.29, 0.717) is 6.54 Å². The van der Waals surface area contributed by atoms with Crippen LogP contribution in [-0.2, 0) is 4.79 Å². The topological polar surface area (TPSA) is 73.9 Å². The molecule has 0 bridgehead atoms. The number of benzene rings is 1. The maximum absolute atomic E-state index is 12.0. The molecule has 0 radical (unpaired) electrons. The van der Waals surface area contributed by atoms with E-state index in [1.54, 1.807) is 11.2 Å². The molecule has 6 nitrogen and oxygen atoms in total. The average molecular weight is 373 g/mol. The van der Waals surface area contributed by atoms with E-state index in [2.05, 4.69) is 58.0 Å². The van der Waals surface area contributed by atoms with Gasteiger partial charge in [0.05, 0.1) is 5.39 Å². The van der Waals surface area contributed by atoms with Crippen molar-refractivity contribution in [3.8, 4) is 0 Å². The lowest BCUT2D eigenvalue weighted by Gasteiger charge is -2.25. The zero-order valence-corrected chi connectivity index (χ0v) is 15.9. The van der Waals surface area contributed by atoms with Crippen LogP contribution in [0.15, 0.2) is 61.5 Å². The zero-order chi connectivity index (χ0) is 19.5. The summed E-state index contributed by atoms with van der Waals surface area (Å²) in [5, 5.41) is 4.42. The first kappa shape index (κ1) is 18.0. The maximum Gasteiger partial charge on any atom is 0.246 e. The van der Waals surface area contributed by atoms with Gasteiger partial charge >= 0.3 is 0 Å². The van der Waals surface area contributed by atoms with E-state index in [0.717, 1.165) is 41.1 Å². The molecule has 2 N–H and O–H groups in total. The summed E-state index contributed by atoms with van der Waals surface area (Å²) in [4.78, 5) is 26.0. The van der Waals surface area contributed by atoms with Crippen molar-refractivity contribution in [1.82, 2.24) is 19.9 Å². The first-order valence-corrected chi connectivity index (χ1v) is 9.41. The number of H-pyrrole nitrogens is 1. The van der Waals surface area contributed by atoms with Crippen LogP contribution in [0.3, 0.4) is 0 Å². The van der Waals surface area contributed by atoms with Crippen molar-refractivity contribution < 1.29 is 4.79 Å². The number of nitrogens with one attached hydrogen (secondary N) is 2. The Morgan fingerprint density at radius 3 is 2.93 bits per heavy atom. The van der Waals surface area contributed by atoms with E-state index < -0.39 is 0 Å². The van der Waals surface area contributed by atoms with Gasteiger partial charge in [0.15, 0.2) is 0 Å². The highest BCUT2D eigenvalue weighted by Crippen LogP contribution is 2.28. The lowest BCUT2D eigenvalue weighted by molar-refractivity contribution is -0.125. The van der Waals surface area contributed by atoms with Crippen LogP contribution >= 0.6 is 0 Å². The van der Waals surface area contributed by atoms with E-state index in [1.807, 2.05) is 18.2 Å². The number of hydrogen-bond acceptors (Lipinski definition) is 4. The van der Waals surface area contributed by atoms with Crippen LogP contribution in [0.25, 0.3) is 16.6 Å². The second-order valence-corrected chi connectivity index (χ2v) is 6.93. The van der Waals surface area contributed by atoms with Gasteiger partial charge in [0.25, 0.3) is 0 Å². The highest BCUT2D eigenvalue weighted by Gasteiger charge is 2.19. The summed E-state index contributed by atoms with van der Waals surface area (Å²) in [6, 6.07) is 12.4. The quantitative estimate of drug-likeness (QED) is 0.665. The van der Waals surface area contributed by atoms with Crippen molar-refractivity contribution >= 4 is 28.3 Å². The van der Waals surface area contributed by atoms with Gasteiger partial charge in [0.2, 0.25) is 5.91 Å². The van der Waals surface area contributed by atoms with Gasteiger partial charge in [-0.2, -0.15) is 0 Å². The average Bonchev–Trinajstić information content (AvgIpc) is 3.19. The Morgan fingerprint density at radius 1 is 1.32 bits per heavy atom. The summed E-state index contributed by atoms with van der Waals surface area (Å²) in [6.45, 7) is 6.98. The van der Waals surface area contributed by atoms with Crippen LogP contribution in [0.1, 0.15) is 30.6 Å². The van der Waals surface area contributed by atoms with Gasteiger partial charge in [-0.3, -0.25) is 4.79 Å². The minimum Gasteiger partial charge on any atom is -0.363 e. The van der Waals surface area contributed by atoms with Gasteiger partial charge < -0.3 is 15.2 Å². The molecule has 0 spiro atoms. The van der Waals surface area contributed by atoms with Crippen LogP contribution in [-0.4, -0.2) is 38.8 Å². The number of aromatic amines is 1. The van der Waals surface area contributed by atoms with Crippen molar-refractivity contribution in [2.45, 2.75) is 19.4 Å². The molecule has 0 fully saturated rings. The normalized spacial score (nSPS) is 15.2. The fourth-order valence-electron chi connectivity index (χ4n) is 3.51.